The van der Waals surface area contributed by atoms with Crippen LogP contribution in [0.25, 0.3) is 28.1 Å². The molecule has 0 saturated carbocycles. The predicted molar refractivity (Wildman–Crippen MR) is 138 cm³/mol. The standard InChI is InChI=1S/C26H28ClN7O/c1-17-29-30-24-9-8-21-23(34(17)24)15-22(33(21)16-18-6-5-7-19(27)14-18)20-10-12-32(31-20)13-11-25(35)28-26(2,3)4/h5-10,12,14-15H,11,13,16H2,1-4H3,(H,28,35). The molecular formula is C26H28ClN7O. The molecule has 1 aromatic carbocycles. The first-order valence-corrected chi connectivity index (χ1v) is 12.0. The van der Waals surface area contributed by atoms with Crippen molar-refractivity contribution in [2.24, 2.45) is 0 Å². The number of carbonyl (C=O) groups excluding carboxylic acids is 1. The molecule has 0 bridgehead atoms. The number of nitrogens with zero attached hydrogens (tertiary/aromatic N) is 6. The largest absolute Gasteiger partial charge is 0.351 e. The Kier molecular flexibility index (Phi) is 5.84. The summed E-state index contributed by atoms with van der Waals surface area (Å²) >= 11 is 6.27. The minimum atomic E-state index is -0.251. The Morgan fingerprint density at radius 2 is 1.89 bits per heavy atom. The molecule has 4 aromatic heterocycles. The second kappa shape index (κ2) is 8.85. The van der Waals surface area contributed by atoms with Gasteiger partial charge in [-0.25, -0.2) is 0 Å². The van der Waals surface area contributed by atoms with E-state index in [1.807, 2.05) is 68.9 Å². The molecule has 180 valence electrons. The van der Waals surface area contributed by atoms with Crippen molar-refractivity contribution < 1.29 is 4.79 Å². The molecule has 0 unspecified atom stereocenters. The number of halogens is 1. The second-order valence-corrected chi connectivity index (χ2v) is 10.2. The topological polar surface area (TPSA) is 82.0 Å². The van der Waals surface area contributed by atoms with Crippen LogP contribution in [0.3, 0.4) is 0 Å². The minimum Gasteiger partial charge on any atom is -0.351 e. The Hall–Kier alpha value is -3.65. The molecule has 8 nitrogen and oxygen atoms in total. The molecule has 0 atom stereocenters. The number of benzene rings is 1. The lowest BCUT2D eigenvalue weighted by Gasteiger charge is -2.20. The quantitative estimate of drug-likeness (QED) is 0.369. The highest BCUT2D eigenvalue weighted by atomic mass is 35.5. The first kappa shape index (κ1) is 23.1. The fourth-order valence-electron chi connectivity index (χ4n) is 4.36. The van der Waals surface area contributed by atoms with E-state index in [4.69, 9.17) is 16.7 Å². The lowest BCUT2D eigenvalue weighted by Crippen LogP contribution is -2.40. The summed E-state index contributed by atoms with van der Waals surface area (Å²) in [6, 6.07) is 16.0. The van der Waals surface area contributed by atoms with Gasteiger partial charge < -0.3 is 9.88 Å². The predicted octanol–water partition coefficient (Wildman–Crippen LogP) is 4.86. The molecule has 5 aromatic rings. The number of pyridine rings is 1. The average molecular weight is 490 g/mol. The third kappa shape index (κ3) is 4.79. The van der Waals surface area contributed by atoms with Crippen LogP contribution in [0.1, 0.15) is 38.6 Å². The highest BCUT2D eigenvalue weighted by Crippen LogP contribution is 2.30. The van der Waals surface area contributed by atoms with Gasteiger partial charge in [-0.1, -0.05) is 23.7 Å². The molecule has 0 radical (unpaired) electrons. The Balaban J connectivity index is 1.53. The molecule has 9 heteroatoms. The van der Waals surface area contributed by atoms with Gasteiger partial charge in [-0.3, -0.25) is 13.9 Å². The van der Waals surface area contributed by atoms with E-state index in [1.165, 1.54) is 0 Å². The zero-order valence-electron chi connectivity index (χ0n) is 20.3. The van der Waals surface area contributed by atoms with Crippen molar-refractivity contribution in [3.8, 4) is 11.4 Å². The molecule has 35 heavy (non-hydrogen) atoms. The summed E-state index contributed by atoms with van der Waals surface area (Å²) in [4.78, 5) is 12.3. The van der Waals surface area contributed by atoms with Crippen LogP contribution in [-0.2, 0) is 17.9 Å². The van der Waals surface area contributed by atoms with Crippen molar-refractivity contribution in [1.82, 2.24) is 34.3 Å². The monoisotopic (exact) mass is 489 g/mol. The number of nitrogens with one attached hydrogen (secondary N) is 1. The first-order valence-electron chi connectivity index (χ1n) is 11.6. The molecular weight excluding hydrogens is 462 g/mol. The van der Waals surface area contributed by atoms with Crippen molar-refractivity contribution >= 4 is 34.2 Å². The zero-order valence-corrected chi connectivity index (χ0v) is 21.0. The molecule has 1 N–H and O–H groups in total. The summed E-state index contributed by atoms with van der Waals surface area (Å²) in [5.41, 5.74) is 5.51. The van der Waals surface area contributed by atoms with Crippen LogP contribution in [0.15, 0.2) is 54.7 Å². The van der Waals surface area contributed by atoms with Crippen molar-refractivity contribution in [2.75, 3.05) is 0 Å². The number of carbonyl (C=O) groups is 1. The minimum absolute atomic E-state index is 0.00935. The summed E-state index contributed by atoms with van der Waals surface area (Å²) in [5.74, 6) is 0.836. The van der Waals surface area contributed by atoms with E-state index < -0.39 is 0 Å². The van der Waals surface area contributed by atoms with Gasteiger partial charge in [0.25, 0.3) is 0 Å². The van der Waals surface area contributed by atoms with E-state index in [0.717, 1.165) is 39.5 Å². The molecule has 0 aliphatic heterocycles. The van der Waals surface area contributed by atoms with Gasteiger partial charge in [0, 0.05) is 36.3 Å². The SMILES string of the molecule is Cc1nnc2ccc3c(cc(-c4ccn(CCC(=O)NC(C)(C)C)n4)n3Cc3cccc(Cl)c3)n12. The van der Waals surface area contributed by atoms with Gasteiger partial charge in [0.05, 0.1) is 16.7 Å². The van der Waals surface area contributed by atoms with E-state index in [2.05, 4.69) is 42.7 Å². The lowest BCUT2D eigenvalue weighted by atomic mass is 10.1. The van der Waals surface area contributed by atoms with E-state index in [-0.39, 0.29) is 11.4 Å². The molecule has 0 aliphatic carbocycles. The van der Waals surface area contributed by atoms with Gasteiger partial charge in [0.2, 0.25) is 5.91 Å². The summed E-state index contributed by atoms with van der Waals surface area (Å²) in [5, 5.41) is 17.0. The second-order valence-electron chi connectivity index (χ2n) is 9.80. The van der Waals surface area contributed by atoms with Gasteiger partial charge >= 0.3 is 0 Å². The van der Waals surface area contributed by atoms with Crippen molar-refractivity contribution in [3.05, 3.63) is 71.1 Å². The third-order valence-electron chi connectivity index (χ3n) is 5.81. The molecule has 0 saturated heterocycles. The van der Waals surface area contributed by atoms with Gasteiger partial charge in [-0.05, 0) is 69.7 Å². The lowest BCUT2D eigenvalue weighted by molar-refractivity contribution is -0.122. The van der Waals surface area contributed by atoms with Crippen molar-refractivity contribution in [2.45, 2.75) is 52.7 Å². The maximum Gasteiger partial charge on any atom is 0.222 e. The van der Waals surface area contributed by atoms with Crippen LogP contribution in [0.5, 0.6) is 0 Å². The summed E-state index contributed by atoms with van der Waals surface area (Å²) in [7, 11) is 0. The molecule has 1 amide bonds. The summed E-state index contributed by atoms with van der Waals surface area (Å²) in [6.07, 6.45) is 2.28. The maximum absolute atomic E-state index is 12.3. The van der Waals surface area contributed by atoms with Crippen LogP contribution >= 0.6 is 11.6 Å². The van der Waals surface area contributed by atoms with E-state index in [0.29, 0.717) is 24.5 Å². The Labute approximate surface area is 208 Å². The highest BCUT2D eigenvalue weighted by molar-refractivity contribution is 6.30. The number of hydrogen-bond donors (Lipinski definition) is 1. The number of aromatic nitrogens is 6. The average Bonchev–Trinajstić information content (AvgIpc) is 3.49. The van der Waals surface area contributed by atoms with Crippen LogP contribution in [0, 0.1) is 6.92 Å². The number of aryl methyl sites for hydroxylation is 2. The molecule has 4 heterocycles. The van der Waals surface area contributed by atoms with Crippen LogP contribution in [0.2, 0.25) is 5.02 Å². The Morgan fingerprint density at radius 3 is 2.66 bits per heavy atom. The number of hydrogen-bond acceptors (Lipinski definition) is 4. The van der Waals surface area contributed by atoms with Gasteiger partial charge in [0.1, 0.15) is 11.5 Å². The molecule has 0 aliphatic rings. The van der Waals surface area contributed by atoms with Crippen molar-refractivity contribution in [1.29, 1.82) is 0 Å². The summed E-state index contributed by atoms with van der Waals surface area (Å²) < 4.78 is 6.11. The van der Waals surface area contributed by atoms with Crippen LogP contribution in [0.4, 0.5) is 0 Å². The number of rotatable bonds is 6. The highest BCUT2D eigenvalue weighted by Gasteiger charge is 2.18. The number of amides is 1. The van der Waals surface area contributed by atoms with Crippen LogP contribution < -0.4 is 5.32 Å². The smallest absolute Gasteiger partial charge is 0.222 e. The third-order valence-corrected chi connectivity index (χ3v) is 6.05. The van der Waals surface area contributed by atoms with Gasteiger partial charge in [0.15, 0.2) is 5.65 Å². The van der Waals surface area contributed by atoms with E-state index >= 15 is 0 Å². The fraction of sp³-hybridized carbons (Fsp3) is 0.308. The molecule has 0 spiro atoms. The van der Waals surface area contributed by atoms with E-state index in [9.17, 15) is 4.79 Å². The summed E-state index contributed by atoms with van der Waals surface area (Å²) in [6.45, 7) is 9.02. The molecule has 5 rings (SSSR count). The maximum atomic E-state index is 12.3. The van der Waals surface area contributed by atoms with Crippen molar-refractivity contribution in [3.63, 3.8) is 0 Å². The Bertz CT molecular complexity index is 1540. The zero-order chi connectivity index (χ0) is 24.7. The van der Waals surface area contributed by atoms with Crippen LogP contribution in [-0.4, -0.2) is 40.4 Å². The van der Waals surface area contributed by atoms with E-state index in [1.54, 1.807) is 0 Å². The Morgan fingerprint density at radius 1 is 1.06 bits per heavy atom. The first-order chi connectivity index (χ1) is 16.7. The normalized spacial score (nSPS) is 12.0. The van der Waals surface area contributed by atoms with Gasteiger partial charge in [-0.15, -0.1) is 10.2 Å². The molecule has 0 fully saturated rings. The van der Waals surface area contributed by atoms with Gasteiger partial charge in [-0.2, -0.15) is 5.10 Å². The number of fused-ring (bicyclic) bond motifs is 3. The fourth-order valence-corrected chi connectivity index (χ4v) is 4.57.